The summed E-state index contributed by atoms with van der Waals surface area (Å²) >= 11 is 1.31. The van der Waals surface area contributed by atoms with Gasteiger partial charge in [-0.05, 0) is 25.5 Å². The molecule has 0 atom stereocenters. The van der Waals surface area contributed by atoms with Crippen LogP contribution in [0, 0.1) is 25.2 Å². The molecule has 4 nitrogen and oxygen atoms in total. The summed E-state index contributed by atoms with van der Waals surface area (Å²) in [6.45, 7) is 3.76. The molecule has 0 saturated carbocycles. The van der Waals surface area contributed by atoms with Gasteiger partial charge in [-0.15, -0.1) is 0 Å². The normalized spacial score (nSPS) is 9.82. The Morgan fingerprint density at radius 3 is 2.71 bits per heavy atom. The largest absolute Gasteiger partial charge is 0.348 e. The fraction of sp³-hybridized carbons (Fsp3) is 0.417. The molecule has 0 spiro atoms. The van der Waals surface area contributed by atoms with Crippen molar-refractivity contribution in [2.24, 2.45) is 0 Å². The van der Waals surface area contributed by atoms with E-state index in [1.165, 1.54) is 16.7 Å². The average molecular weight is 249 g/mol. The van der Waals surface area contributed by atoms with E-state index in [4.69, 9.17) is 5.26 Å². The van der Waals surface area contributed by atoms with Crippen LogP contribution in [0.5, 0.6) is 0 Å². The van der Waals surface area contributed by atoms with Crippen molar-refractivity contribution in [1.82, 2.24) is 9.88 Å². The minimum Gasteiger partial charge on any atom is -0.348 e. The summed E-state index contributed by atoms with van der Waals surface area (Å²) in [5.74, 6) is 0.317. The standard InChI is InChI=1S/C12H15N3OS/c1-8-5-9(2)14-12(10(8)6-13)17-7-11(16)15(3)4/h5H,7H2,1-4H3. The topological polar surface area (TPSA) is 57.0 Å². The smallest absolute Gasteiger partial charge is 0.232 e. The van der Waals surface area contributed by atoms with Crippen LogP contribution in [0.4, 0.5) is 0 Å². The maximum Gasteiger partial charge on any atom is 0.232 e. The molecule has 0 aliphatic rings. The molecular weight excluding hydrogens is 234 g/mol. The van der Waals surface area contributed by atoms with Gasteiger partial charge in [-0.2, -0.15) is 5.26 Å². The van der Waals surface area contributed by atoms with E-state index in [0.29, 0.717) is 16.3 Å². The number of thioether (sulfide) groups is 1. The van der Waals surface area contributed by atoms with Gasteiger partial charge in [-0.25, -0.2) is 4.98 Å². The SMILES string of the molecule is Cc1cc(C)c(C#N)c(SCC(=O)N(C)C)n1. The minimum atomic E-state index is 0.0137. The summed E-state index contributed by atoms with van der Waals surface area (Å²) in [4.78, 5) is 17.3. The van der Waals surface area contributed by atoms with Crippen molar-refractivity contribution in [2.45, 2.75) is 18.9 Å². The molecule has 0 aromatic carbocycles. The molecule has 5 heteroatoms. The zero-order chi connectivity index (χ0) is 13.0. The van der Waals surface area contributed by atoms with Gasteiger partial charge < -0.3 is 4.90 Å². The predicted octanol–water partition coefficient (Wildman–Crippen LogP) is 1.75. The van der Waals surface area contributed by atoms with Crippen molar-refractivity contribution in [3.05, 3.63) is 22.9 Å². The fourth-order valence-corrected chi connectivity index (χ4v) is 2.38. The number of amides is 1. The van der Waals surface area contributed by atoms with Crippen LogP contribution in [0.25, 0.3) is 0 Å². The molecule has 0 N–H and O–H groups in total. The van der Waals surface area contributed by atoms with Crippen LogP contribution in [-0.2, 0) is 4.79 Å². The molecule has 0 bridgehead atoms. The quantitative estimate of drug-likeness (QED) is 0.766. The number of pyridine rings is 1. The molecule has 0 aliphatic carbocycles. The van der Waals surface area contributed by atoms with Crippen molar-refractivity contribution < 1.29 is 4.79 Å². The number of hydrogen-bond donors (Lipinski definition) is 0. The molecule has 1 amide bonds. The van der Waals surface area contributed by atoms with Gasteiger partial charge in [0.15, 0.2) is 0 Å². The molecule has 1 heterocycles. The molecule has 17 heavy (non-hydrogen) atoms. The highest BCUT2D eigenvalue weighted by molar-refractivity contribution is 8.00. The first kappa shape index (κ1) is 13.5. The van der Waals surface area contributed by atoms with Crippen LogP contribution in [0.3, 0.4) is 0 Å². The molecule has 0 fully saturated rings. The van der Waals surface area contributed by atoms with Gasteiger partial charge in [0.25, 0.3) is 0 Å². The summed E-state index contributed by atoms with van der Waals surface area (Å²) < 4.78 is 0. The third-order valence-electron chi connectivity index (χ3n) is 2.25. The van der Waals surface area contributed by atoms with Gasteiger partial charge in [-0.1, -0.05) is 11.8 Å². The number of hydrogen-bond acceptors (Lipinski definition) is 4. The Kier molecular flexibility index (Phi) is 4.53. The van der Waals surface area contributed by atoms with Gasteiger partial charge in [0.2, 0.25) is 5.91 Å². The predicted molar refractivity (Wildman–Crippen MR) is 67.8 cm³/mol. The maximum atomic E-state index is 11.5. The Hall–Kier alpha value is -1.54. The van der Waals surface area contributed by atoms with Crippen LogP contribution in [0.2, 0.25) is 0 Å². The van der Waals surface area contributed by atoms with Gasteiger partial charge in [0.1, 0.15) is 11.1 Å². The number of carbonyl (C=O) groups is 1. The lowest BCUT2D eigenvalue weighted by molar-refractivity contribution is -0.125. The molecule has 1 aromatic heterocycles. The van der Waals surface area contributed by atoms with Crippen molar-refractivity contribution >= 4 is 17.7 Å². The summed E-state index contributed by atoms with van der Waals surface area (Å²) in [6, 6.07) is 4.01. The van der Waals surface area contributed by atoms with Crippen molar-refractivity contribution in [3.63, 3.8) is 0 Å². The van der Waals surface area contributed by atoms with E-state index < -0.39 is 0 Å². The van der Waals surface area contributed by atoms with Crippen LogP contribution in [0.15, 0.2) is 11.1 Å². The average Bonchev–Trinajstić information content (AvgIpc) is 2.24. The zero-order valence-corrected chi connectivity index (χ0v) is 11.3. The van der Waals surface area contributed by atoms with E-state index in [0.717, 1.165) is 11.3 Å². The summed E-state index contributed by atoms with van der Waals surface area (Å²) in [5.41, 5.74) is 2.33. The molecule has 90 valence electrons. The Balaban J connectivity index is 2.91. The van der Waals surface area contributed by atoms with Crippen LogP contribution in [-0.4, -0.2) is 35.6 Å². The van der Waals surface area contributed by atoms with Gasteiger partial charge in [0.05, 0.1) is 11.3 Å². The van der Waals surface area contributed by atoms with Crippen LogP contribution >= 0.6 is 11.8 Å². The van der Waals surface area contributed by atoms with E-state index in [1.807, 2.05) is 19.9 Å². The maximum absolute atomic E-state index is 11.5. The second-order valence-electron chi connectivity index (χ2n) is 3.95. The summed E-state index contributed by atoms with van der Waals surface area (Å²) in [5, 5.41) is 9.70. The first-order valence-electron chi connectivity index (χ1n) is 5.17. The van der Waals surface area contributed by atoms with Crippen molar-refractivity contribution in [2.75, 3.05) is 19.8 Å². The third-order valence-corrected chi connectivity index (χ3v) is 3.21. The van der Waals surface area contributed by atoms with E-state index >= 15 is 0 Å². The molecule has 0 saturated heterocycles. The summed E-state index contributed by atoms with van der Waals surface area (Å²) in [6.07, 6.45) is 0. The highest BCUT2D eigenvalue weighted by Gasteiger charge is 2.12. The molecule has 1 rings (SSSR count). The van der Waals surface area contributed by atoms with E-state index in [2.05, 4.69) is 11.1 Å². The number of aryl methyl sites for hydroxylation is 2. The second-order valence-corrected chi connectivity index (χ2v) is 4.91. The van der Waals surface area contributed by atoms with E-state index in [1.54, 1.807) is 14.1 Å². The van der Waals surface area contributed by atoms with Crippen molar-refractivity contribution in [1.29, 1.82) is 5.26 Å². The monoisotopic (exact) mass is 249 g/mol. The number of nitrogens with zero attached hydrogens (tertiary/aromatic N) is 3. The van der Waals surface area contributed by atoms with Gasteiger partial charge >= 0.3 is 0 Å². The molecule has 1 aromatic rings. The van der Waals surface area contributed by atoms with Gasteiger partial charge in [0, 0.05) is 19.8 Å². The molecular formula is C12H15N3OS. The fourth-order valence-electron chi connectivity index (χ4n) is 1.30. The first-order chi connectivity index (χ1) is 7.95. The first-order valence-corrected chi connectivity index (χ1v) is 6.15. The van der Waals surface area contributed by atoms with E-state index in [9.17, 15) is 4.79 Å². The Labute approximate surface area is 106 Å². The Morgan fingerprint density at radius 2 is 2.18 bits per heavy atom. The number of nitriles is 1. The Morgan fingerprint density at radius 1 is 1.53 bits per heavy atom. The molecule has 0 aliphatic heterocycles. The number of aromatic nitrogens is 1. The molecule has 0 unspecified atom stereocenters. The van der Waals surface area contributed by atoms with E-state index in [-0.39, 0.29) is 5.91 Å². The second kappa shape index (κ2) is 5.69. The number of rotatable bonds is 3. The lowest BCUT2D eigenvalue weighted by Crippen LogP contribution is -2.23. The minimum absolute atomic E-state index is 0.0137. The lowest BCUT2D eigenvalue weighted by Gasteiger charge is -2.10. The third kappa shape index (κ3) is 3.46. The highest BCUT2D eigenvalue weighted by Crippen LogP contribution is 2.23. The Bertz CT molecular complexity index is 477. The summed E-state index contributed by atoms with van der Waals surface area (Å²) in [7, 11) is 3.42. The van der Waals surface area contributed by atoms with Crippen molar-refractivity contribution in [3.8, 4) is 6.07 Å². The number of carbonyl (C=O) groups excluding carboxylic acids is 1. The molecule has 0 radical (unpaired) electrons. The highest BCUT2D eigenvalue weighted by atomic mass is 32.2. The van der Waals surface area contributed by atoms with Gasteiger partial charge in [-0.3, -0.25) is 4.79 Å². The lowest BCUT2D eigenvalue weighted by atomic mass is 10.1. The zero-order valence-electron chi connectivity index (χ0n) is 10.4. The van der Waals surface area contributed by atoms with Crippen LogP contribution in [0.1, 0.15) is 16.8 Å². The van der Waals surface area contributed by atoms with Crippen LogP contribution < -0.4 is 0 Å².